The Labute approximate surface area is 132 Å². The average Bonchev–Trinajstić information content (AvgIpc) is 3.01. The molecule has 1 aromatic heterocycles. The molecule has 0 radical (unpaired) electrons. The Bertz CT molecular complexity index is 636. The molecule has 0 unspecified atom stereocenters. The zero-order valence-electron chi connectivity index (χ0n) is 11.5. The lowest BCUT2D eigenvalue weighted by Crippen LogP contribution is -2.48. The molecule has 0 atom stereocenters. The Morgan fingerprint density at radius 1 is 1.19 bits per heavy atom. The van der Waals surface area contributed by atoms with Crippen molar-refractivity contribution in [2.75, 3.05) is 36.8 Å². The summed E-state index contributed by atoms with van der Waals surface area (Å²) in [5.74, 6) is 0.119. The molecule has 110 valence electrons. The van der Waals surface area contributed by atoms with Gasteiger partial charge in [0.05, 0.1) is 15.6 Å². The first-order valence-electron chi connectivity index (χ1n) is 6.78. The van der Waals surface area contributed by atoms with Gasteiger partial charge in [-0.3, -0.25) is 4.79 Å². The summed E-state index contributed by atoms with van der Waals surface area (Å²) in [5.41, 5.74) is 7.36. The van der Waals surface area contributed by atoms with Crippen LogP contribution in [-0.4, -0.2) is 37.0 Å². The minimum absolute atomic E-state index is 0.119. The second-order valence-corrected chi connectivity index (χ2v) is 6.32. The zero-order valence-corrected chi connectivity index (χ0v) is 13.0. The van der Waals surface area contributed by atoms with Gasteiger partial charge in [0.25, 0.3) is 5.91 Å². The number of carbonyl (C=O) groups is 1. The van der Waals surface area contributed by atoms with Crippen LogP contribution in [0.25, 0.3) is 0 Å². The Kier molecular flexibility index (Phi) is 4.03. The number of rotatable bonds is 2. The van der Waals surface area contributed by atoms with Crippen LogP contribution in [0.5, 0.6) is 0 Å². The van der Waals surface area contributed by atoms with E-state index in [1.54, 1.807) is 6.07 Å². The Hall–Kier alpha value is -1.72. The Morgan fingerprint density at radius 3 is 2.57 bits per heavy atom. The fourth-order valence-electron chi connectivity index (χ4n) is 2.49. The number of hydrogen-bond donors (Lipinski definition) is 1. The van der Waals surface area contributed by atoms with Crippen LogP contribution in [0.15, 0.2) is 35.7 Å². The predicted molar refractivity (Wildman–Crippen MR) is 88.3 cm³/mol. The second kappa shape index (κ2) is 5.95. The van der Waals surface area contributed by atoms with Gasteiger partial charge < -0.3 is 15.5 Å². The molecule has 0 saturated carbocycles. The fourth-order valence-corrected chi connectivity index (χ4v) is 3.49. The largest absolute Gasteiger partial charge is 0.399 e. The van der Waals surface area contributed by atoms with Crippen molar-refractivity contribution in [2.45, 2.75) is 0 Å². The minimum Gasteiger partial charge on any atom is -0.399 e. The van der Waals surface area contributed by atoms with E-state index in [9.17, 15) is 4.79 Å². The van der Waals surface area contributed by atoms with E-state index in [2.05, 4.69) is 4.90 Å². The number of benzene rings is 1. The molecule has 1 amide bonds. The lowest BCUT2D eigenvalue weighted by atomic mass is 10.2. The number of hydrogen-bond acceptors (Lipinski definition) is 4. The molecular weight excluding hydrogens is 306 g/mol. The molecule has 1 aliphatic rings. The molecular formula is C15H16ClN3OS. The molecule has 4 nitrogen and oxygen atoms in total. The van der Waals surface area contributed by atoms with Crippen LogP contribution in [0.2, 0.25) is 5.02 Å². The van der Waals surface area contributed by atoms with E-state index in [-0.39, 0.29) is 5.91 Å². The van der Waals surface area contributed by atoms with Gasteiger partial charge in [0.15, 0.2) is 0 Å². The Morgan fingerprint density at radius 2 is 1.95 bits per heavy atom. The summed E-state index contributed by atoms with van der Waals surface area (Å²) >= 11 is 7.73. The van der Waals surface area contributed by atoms with Crippen molar-refractivity contribution >= 4 is 40.2 Å². The van der Waals surface area contributed by atoms with Gasteiger partial charge in [0.1, 0.15) is 0 Å². The number of nitrogen functional groups attached to an aromatic ring is 1. The zero-order chi connectivity index (χ0) is 14.8. The van der Waals surface area contributed by atoms with E-state index >= 15 is 0 Å². The maximum atomic E-state index is 12.3. The standard InChI is InChI=1S/C15H16ClN3OS/c16-12-10-11(17)3-4-13(12)18-5-7-19(8-6-18)15(20)14-2-1-9-21-14/h1-4,9-10H,5-8,17H2. The van der Waals surface area contributed by atoms with Gasteiger partial charge in [-0.1, -0.05) is 17.7 Å². The van der Waals surface area contributed by atoms with E-state index in [0.717, 1.165) is 23.7 Å². The van der Waals surface area contributed by atoms with Gasteiger partial charge in [0, 0.05) is 31.9 Å². The molecule has 0 spiro atoms. The first kappa shape index (κ1) is 14.2. The molecule has 2 heterocycles. The molecule has 1 aromatic carbocycles. The van der Waals surface area contributed by atoms with Gasteiger partial charge in [-0.05, 0) is 29.6 Å². The first-order chi connectivity index (χ1) is 10.1. The summed E-state index contributed by atoms with van der Waals surface area (Å²) < 4.78 is 0. The highest BCUT2D eigenvalue weighted by molar-refractivity contribution is 7.12. The molecule has 0 aliphatic carbocycles. The van der Waals surface area contributed by atoms with Gasteiger partial charge >= 0.3 is 0 Å². The number of piperazine rings is 1. The Balaban J connectivity index is 1.66. The minimum atomic E-state index is 0.119. The molecule has 3 rings (SSSR count). The number of halogens is 1. The third kappa shape index (κ3) is 2.99. The van der Waals surface area contributed by atoms with E-state index < -0.39 is 0 Å². The summed E-state index contributed by atoms with van der Waals surface area (Å²) in [7, 11) is 0. The molecule has 2 aromatic rings. The highest BCUT2D eigenvalue weighted by Gasteiger charge is 2.23. The lowest BCUT2D eigenvalue weighted by molar-refractivity contribution is 0.0751. The van der Waals surface area contributed by atoms with Crippen LogP contribution in [0.1, 0.15) is 9.67 Å². The van der Waals surface area contributed by atoms with Crippen molar-refractivity contribution in [3.05, 3.63) is 45.6 Å². The highest BCUT2D eigenvalue weighted by atomic mass is 35.5. The van der Waals surface area contributed by atoms with E-state index in [0.29, 0.717) is 23.8 Å². The average molecular weight is 322 g/mol. The monoisotopic (exact) mass is 321 g/mol. The summed E-state index contributed by atoms with van der Waals surface area (Å²) in [6, 6.07) is 9.33. The molecule has 1 saturated heterocycles. The normalized spacial score (nSPS) is 15.3. The quantitative estimate of drug-likeness (QED) is 0.865. The number of nitrogens with zero attached hydrogens (tertiary/aromatic N) is 2. The van der Waals surface area contributed by atoms with Crippen LogP contribution in [0, 0.1) is 0 Å². The maximum Gasteiger partial charge on any atom is 0.264 e. The number of amides is 1. The van der Waals surface area contributed by atoms with Crippen molar-refractivity contribution in [1.82, 2.24) is 4.90 Å². The molecule has 0 bridgehead atoms. The number of thiophene rings is 1. The molecule has 1 aliphatic heterocycles. The lowest BCUT2D eigenvalue weighted by Gasteiger charge is -2.36. The van der Waals surface area contributed by atoms with Crippen molar-refractivity contribution in [1.29, 1.82) is 0 Å². The summed E-state index contributed by atoms with van der Waals surface area (Å²) in [6.07, 6.45) is 0. The molecule has 2 N–H and O–H groups in total. The SMILES string of the molecule is Nc1ccc(N2CCN(C(=O)c3cccs3)CC2)c(Cl)c1. The fraction of sp³-hybridized carbons (Fsp3) is 0.267. The van der Waals surface area contributed by atoms with Crippen LogP contribution < -0.4 is 10.6 Å². The second-order valence-electron chi connectivity index (χ2n) is 4.97. The van der Waals surface area contributed by atoms with Crippen LogP contribution in [-0.2, 0) is 0 Å². The third-order valence-electron chi connectivity index (χ3n) is 3.61. The predicted octanol–water partition coefficient (Wildman–Crippen LogP) is 2.95. The van der Waals surface area contributed by atoms with Gasteiger partial charge in [0.2, 0.25) is 0 Å². The van der Waals surface area contributed by atoms with Crippen molar-refractivity contribution in [2.24, 2.45) is 0 Å². The highest BCUT2D eigenvalue weighted by Crippen LogP contribution is 2.28. The van der Waals surface area contributed by atoms with Crippen LogP contribution >= 0.6 is 22.9 Å². The topological polar surface area (TPSA) is 49.6 Å². The van der Waals surface area contributed by atoms with Gasteiger partial charge in [-0.2, -0.15) is 0 Å². The van der Waals surface area contributed by atoms with Crippen molar-refractivity contribution in [3.8, 4) is 0 Å². The third-order valence-corrected chi connectivity index (χ3v) is 4.77. The molecule has 1 fully saturated rings. The van der Waals surface area contributed by atoms with Gasteiger partial charge in [-0.15, -0.1) is 11.3 Å². The molecule has 21 heavy (non-hydrogen) atoms. The van der Waals surface area contributed by atoms with Crippen molar-refractivity contribution < 1.29 is 4.79 Å². The summed E-state index contributed by atoms with van der Waals surface area (Å²) in [5, 5.41) is 2.59. The smallest absolute Gasteiger partial charge is 0.264 e. The number of carbonyl (C=O) groups excluding carboxylic acids is 1. The summed E-state index contributed by atoms with van der Waals surface area (Å²) in [4.78, 5) is 17.2. The van der Waals surface area contributed by atoms with Crippen LogP contribution in [0.3, 0.4) is 0 Å². The maximum absolute atomic E-state index is 12.3. The number of anilines is 2. The van der Waals surface area contributed by atoms with E-state index in [4.69, 9.17) is 17.3 Å². The van der Waals surface area contributed by atoms with Crippen LogP contribution in [0.4, 0.5) is 11.4 Å². The first-order valence-corrected chi connectivity index (χ1v) is 8.03. The molecule has 6 heteroatoms. The summed E-state index contributed by atoms with van der Waals surface area (Å²) in [6.45, 7) is 2.97. The van der Waals surface area contributed by atoms with Crippen molar-refractivity contribution in [3.63, 3.8) is 0 Å². The van der Waals surface area contributed by atoms with E-state index in [1.165, 1.54) is 11.3 Å². The van der Waals surface area contributed by atoms with E-state index in [1.807, 2.05) is 34.5 Å². The number of nitrogens with two attached hydrogens (primary N) is 1. The van der Waals surface area contributed by atoms with Gasteiger partial charge in [-0.25, -0.2) is 0 Å².